The fraction of sp³-hybridized carbons (Fsp3) is 0.158. The van der Waals surface area contributed by atoms with E-state index in [1.54, 1.807) is 12.3 Å². The van der Waals surface area contributed by atoms with E-state index >= 15 is 0 Å². The highest BCUT2D eigenvalue weighted by Crippen LogP contribution is 2.31. The van der Waals surface area contributed by atoms with E-state index in [9.17, 15) is 9.18 Å². The normalized spacial score (nSPS) is 10.8. The molecule has 2 heterocycles. The third-order valence-electron chi connectivity index (χ3n) is 3.87. The Morgan fingerprint density at radius 3 is 2.91 bits per heavy atom. The van der Waals surface area contributed by atoms with E-state index in [1.807, 2.05) is 18.2 Å². The molecule has 116 valence electrons. The van der Waals surface area contributed by atoms with E-state index in [2.05, 4.69) is 16.5 Å². The second-order valence-electron chi connectivity index (χ2n) is 5.41. The van der Waals surface area contributed by atoms with Gasteiger partial charge in [0.1, 0.15) is 5.82 Å². The maximum absolute atomic E-state index is 13.6. The maximum atomic E-state index is 13.6. The van der Waals surface area contributed by atoms with Crippen LogP contribution < -0.4 is 0 Å². The van der Waals surface area contributed by atoms with Gasteiger partial charge in [-0.3, -0.25) is 9.78 Å². The van der Waals surface area contributed by atoms with Crippen molar-refractivity contribution in [3.8, 4) is 11.4 Å². The molecule has 23 heavy (non-hydrogen) atoms. The highest BCUT2D eigenvalue weighted by molar-refractivity contribution is 5.91. The summed E-state index contributed by atoms with van der Waals surface area (Å²) < 4.78 is 13.6. The molecule has 0 saturated heterocycles. The van der Waals surface area contributed by atoms with Crippen molar-refractivity contribution in [3.05, 3.63) is 66.6 Å². The lowest BCUT2D eigenvalue weighted by molar-refractivity contribution is -0.114. The molecule has 0 saturated carbocycles. The van der Waals surface area contributed by atoms with Crippen molar-refractivity contribution in [2.24, 2.45) is 0 Å². The molecule has 0 aliphatic carbocycles. The summed E-state index contributed by atoms with van der Waals surface area (Å²) in [7, 11) is 0. The quantitative estimate of drug-likeness (QED) is 0.684. The van der Waals surface area contributed by atoms with Gasteiger partial charge >= 0.3 is 0 Å². The summed E-state index contributed by atoms with van der Waals surface area (Å²) in [5.41, 5.74) is 3.57. The van der Waals surface area contributed by atoms with Gasteiger partial charge in [-0.15, -0.1) is 0 Å². The number of hydrogen-bond donors (Lipinski definition) is 1. The predicted octanol–water partition coefficient (Wildman–Crippen LogP) is 4.45. The summed E-state index contributed by atoms with van der Waals surface area (Å²) in [6, 6.07) is 10.4. The number of aromatic amines is 1. The van der Waals surface area contributed by atoms with Crippen LogP contribution in [0.1, 0.15) is 18.4 Å². The lowest BCUT2D eigenvalue weighted by Gasteiger charge is -2.04. The molecule has 0 unspecified atom stereocenters. The Morgan fingerprint density at radius 2 is 2.17 bits per heavy atom. The molecule has 0 aliphatic heterocycles. The highest BCUT2D eigenvalue weighted by atomic mass is 19.1. The minimum absolute atomic E-state index is 0.0235. The molecule has 0 fully saturated rings. The minimum Gasteiger partial charge on any atom is -0.353 e. The summed E-state index contributed by atoms with van der Waals surface area (Å²) >= 11 is 0. The molecule has 0 bridgehead atoms. The Balaban J connectivity index is 2.02. The van der Waals surface area contributed by atoms with Crippen LogP contribution in [0.2, 0.25) is 0 Å². The van der Waals surface area contributed by atoms with E-state index in [1.165, 1.54) is 18.2 Å². The number of H-pyrrole nitrogens is 1. The Kier molecular flexibility index (Phi) is 4.33. The summed E-state index contributed by atoms with van der Waals surface area (Å²) in [6.45, 7) is 3.49. The number of ketones is 1. The molecule has 3 aromatic rings. The standard InChI is InChI=1S/C19H17FN2O/c1-2-14(23)6-5-7-15-16-12-13(20)9-10-17(16)22-19(15)18-8-3-4-11-21-18/h2-4,8-12,22H,1,5-7H2. The van der Waals surface area contributed by atoms with Crippen LogP contribution in [0.25, 0.3) is 22.3 Å². The lowest BCUT2D eigenvalue weighted by Crippen LogP contribution is -1.95. The van der Waals surface area contributed by atoms with E-state index in [-0.39, 0.29) is 11.6 Å². The van der Waals surface area contributed by atoms with Gasteiger partial charge in [0.25, 0.3) is 0 Å². The zero-order chi connectivity index (χ0) is 16.2. The number of nitrogens with one attached hydrogen (secondary N) is 1. The fourth-order valence-electron chi connectivity index (χ4n) is 2.75. The first-order valence-electron chi connectivity index (χ1n) is 7.56. The average Bonchev–Trinajstić information content (AvgIpc) is 2.93. The Morgan fingerprint density at radius 1 is 1.30 bits per heavy atom. The molecule has 1 N–H and O–H groups in total. The van der Waals surface area contributed by atoms with Gasteiger partial charge in [-0.1, -0.05) is 12.6 Å². The van der Waals surface area contributed by atoms with Crippen LogP contribution >= 0.6 is 0 Å². The number of allylic oxidation sites excluding steroid dienone is 1. The van der Waals surface area contributed by atoms with E-state index in [0.29, 0.717) is 19.3 Å². The van der Waals surface area contributed by atoms with Crippen LogP contribution in [-0.2, 0) is 11.2 Å². The van der Waals surface area contributed by atoms with Gasteiger partial charge in [-0.25, -0.2) is 4.39 Å². The number of benzene rings is 1. The number of halogens is 1. The highest BCUT2D eigenvalue weighted by Gasteiger charge is 2.14. The fourth-order valence-corrected chi connectivity index (χ4v) is 2.75. The van der Waals surface area contributed by atoms with E-state index in [4.69, 9.17) is 0 Å². The number of rotatable bonds is 6. The first-order chi connectivity index (χ1) is 11.2. The molecule has 3 rings (SSSR count). The first-order valence-corrected chi connectivity index (χ1v) is 7.56. The van der Waals surface area contributed by atoms with E-state index < -0.39 is 0 Å². The van der Waals surface area contributed by atoms with Crippen molar-refractivity contribution in [2.75, 3.05) is 0 Å². The summed E-state index contributed by atoms with van der Waals surface area (Å²) in [4.78, 5) is 19.1. The van der Waals surface area contributed by atoms with Crippen molar-refractivity contribution in [1.29, 1.82) is 0 Å². The molecule has 3 nitrogen and oxygen atoms in total. The molecular weight excluding hydrogens is 291 g/mol. The first kappa shape index (κ1) is 15.2. The number of carbonyl (C=O) groups is 1. The number of fused-ring (bicyclic) bond motifs is 1. The van der Waals surface area contributed by atoms with Crippen molar-refractivity contribution in [3.63, 3.8) is 0 Å². The van der Waals surface area contributed by atoms with Gasteiger partial charge < -0.3 is 4.98 Å². The number of hydrogen-bond acceptors (Lipinski definition) is 2. The number of aryl methyl sites for hydroxylation is 1. The van der Waals surface area contributed by atoms with Crippen LogP contribution in [0, 0.1) is 5.82 Å². The molecule has 2 aromatic heterocycles. The third kappa shape index (κ3) is 3.21. The van der Waals surface area contributed by atoms with Gasteiger partial charge in [0, 0.05) is 23.5 Å². The zero-order valence-electron chi connectivity index (χ0n) is 12.7. The zero-order valence-corrected chi connectivity index (χ0v) is 12.7. The number of pyridine rings is 1. The lowest BCUT2D eigenvalue weighted by atomic mass is 10.0. The summed E-state index contributed by atoms with van der Waals surface area (Å²) in [5, 5.41) is 0.844. The van der Waals surface area contributed by atoms with Gasteiger partial charge in [-0.2, -0.15) is 0 Å². The molecule has 1 aromatic carbocycles. The van der Waals surface area contributed by atoms with Crippen molar-refractivity contribution in [2.45, 2.75) is 19.3 Å². The SMILES string of the molecule is C=CC(=O)CCCc1c(-c2ccccn2)[nH]c2ccc(F)cc12. The summed E-state index contributed by atoms with van der Waals surface area (Å²) in [6.07, 6.45) is 4.87. The van der Waals surface area contributed by atoms with Gasteiger partial charge in [0.2, 0.25) is 0 Å². The molecule has 0 aliphatic rings. The number of nitrogens with zero attached hydrogens (tertiary/aromatic N) is 1. The minimum atomic E-state index is -0.271. The van der Waals surface area contributed by atoms with Gasteiger partial charge in [0.05, 0.1) is 11.4 Å². The Hall–Kier alpha value is -2.75. The van der Waals surface area contributed by atoms with Crippen LogP contribution in [0.15, 0.2) is 55.3 Å². The van der Waals surface area contributed by atoms with Crippen molar-refractivity contribution in [1.82, 2.24) is 9.97 Å². The largest absolute Gasteiger partial charge is 0.353 e. The van der Waals surface area contributed by atoms with Gasteiger partial charge in [0.15, 0.2) is 5.78 Å². The maximum Gasteiger partial charge on any atom is 0.155 e. The van der Waals surface area contributed by atoms with E-state index in [0.717, 1.165) is 27.9 Å². The Bertz CT molecular complexity index is 852. The molecular formula is C19H17FN2O. The monoisotopic (exact) mass is 308 g/mol. The Labute approximate surface area is 133 Å². The molecule has 0 spiro atoms. The van der Waals surface area contributed by atoms with Crippen LogP contribution in [0.5, 0.6) is 0 Å². The average molecular weight is 308 g/mol. The van der Waals surface area contributed by atoms with Crippen molar-refractivity contribution >= 4 is 16.7 Å². The second kappa shape index (κ2) is 6.57. The predicted molar refractivity (Wildman–Crippen MR) is 89.6 cm³/mol. The number of carbonyl (C=O) groups excluding carboxylic acids is 1. The van der Waals surface area contributed by atoms with Crippen LogP contribution in [0.4, 0.5) is 4.39 Å². The summed E-state index contributed by atoms with van der Waals surface area (Å²) in [5.74, 6) is -0.247. The molecule has 0 atom stereocenters. The smallest absolute Gasteiger partial charge is 0.155 e. The number of aromatic nitrogens is 2. The van der Waals surface area contributed by atoms with Gasteiger partial charge in [-0.05, 0) is 54.8 Å². The topological polar surface area (TPSA) is 45.8 Å². The van der Waals surface area contributed by atoms with Crippen molar-refractivity contribution < 1.29 is 9.18 Å². The second-order valence-corrected chi connectivity index (χ2v) is 5.41. The van der Waals surface area contributed by atoms with Crippen LogP contribution in [-0.4, -0.2) is 15.8 Å². The third-order valence-corrected chi connectivity index (χ3v) is 3.87. The molecule has 0 radical (unpaired) electrons. The van der Waals surface area contributed by atoms with Crippen LogP contribution in [0.3, 0.4) is 0 Å². The molecule has 0 amide bonds. The molecule has 4 heteroatoms.